The summed E-state index contributed by atoms with van der Waals surface area (Å²) in [6.45, 7) is 2.28. The number of hydrogen-bond donors (Lipinski definition) is 0. The summed E-state index contributed by atoms with van der Waals surface area (Å²) in [5.41, 5.74) is 3.35. The minimum absolute atomic E-state index is 0.164. The van der Waals surface area contributed by atoms with Gasteiger partial charge in [0.1, 0.15) is 0 Å². The number of ketones is 1. The van der Waals surface area contributed by atoms with Crippen molar-refractivity contribution in [1.82, 2.24) is 0 Å². The predicted octanol–water partition coefficient (Wildman–Crippen LogP) is 12.2. The van der Waals surface area contributed by atoms with Crippen LogP contribution in [0.1, 0.15) is 111 Å². The molecule has 3 aromatic carbocycles. The number of Topliss-reactive ketones (excluding diaryl/α,β-unsaturated/α-hetero) is 1. The third-order valence-corrected chi connectivity index (χ3v) is 7.39. The van der Waals surface area contributed by atoms with E-state index in [-0.39, 0.29) is 11.7 Å². The second kappa shape index (κ2) is 15.4. The van der Waals surface area contributed by atoms with Gasteiger partial charge >= 0.3 is 33.0 Å². The molecule has 0 amide bonds. The molecule has 0 N–H and O–H groups in total. The molecule has 1 unspecified atom stereocenters. The molecule has 1 nitrogen and oxygen atoms in total. The molecule has 0 fully saturated rings. The summed E-state index contributed by atoms with van der Waals surface area (Å²) in [4.78, 5) is 12.7. The van der Waals surface area contributed by atoms with E-state index in [0.29, 0.717) is 5.75 Å². The van der Waals surface area contributed by atoms with E-state index in [0.717, 1.165) is 12.0 Å². The molecular weight excluding hydrogens is 577 g/mol. The van der Waals surface area contributed by atoms with E-state index in [1.54, 1.807) is 0 Å². The summed E-state index contributed by atoms with van der Waals surface area (Å²) < 4.78 is 59.2. The molecule has 0 saturated carbocycles. The Morgan fingerprint density at radius 2 is 1.17 bits per heavy atom. The number of carbonyl (C=O) groups excluding carboxylic acids is 1. The molecule has 0 bridgehead atoms. The van der Waals surface area contributed by atoms with Crippen molar-refractivity contribution in [1.29, 1.82) is 0 Å². The van der Waals surface area contributed by atoms with Crippen molar-refractivity contribution in [2.45, 2.75) is 89.9 Å². The second-order valence-corrected chi connectivity index (χ2v) is 12.9. The zero-order valence-corrected chi connectivity index (χ0v) is 25.6. The van der Waals surface area contributed by atoms with Crippen LogP contribution in [0.25, 0.3) is 10.8 Å². The summed E-state index contributed by atoms with van der Waals surface area (Å²) in [6, 6.07) is 23.6. The van der Waals surface area contributed by atoms with Gasteiger partial charge in [0.15, 0.2) is 5.75 Å². The SMILES string of the molecule is CCCCCCCCCCCCCC(c1ccc2ccccc2c1)c1ccccc1C(=O)C[SH2+].F[P-](F)(F)(F)(F)F. The Morgan fingerprint density at radius 1 is 0.683 bits per heavy atom. The van der Waals surface area contributed by atoms with E-state index < -0.39 is 7.81 Å². The maximum atomic E-state index is 12.7. The third kappa shape index (κ3) is 15.7. The van der Waals surface area contributed by atoms with Crippen molar-refractivity contribution in [2.75, 3.05) is 5.75 Å². The van der Waals surface area contributed by atoms with Gasteiger partial charge in [-0.05, 0) is 40.9 Å². The molecule has 3 rings (SSSR count). The van der Waals surface area contributed by atoms with Crippen LogP contribution in [0.5, 0.6) is 0 Å². The molecule has 0 spiro atoms. The Balaban J connectivity index is 0.000000745. The molecule has 0 radical (unpaired) electrons. The molecule has 0 saturated heterocycles. The van der Waals surface area contributed by atoms with Gasteiger partial charge in [-0.1, -0.05) is 144 Å². The van der Waals surface area contributed by atoms with Gasteiger partial charge in [-0.3, -0.25) is 4.79 Å². The van der Waals surface area contributed by atoms with Crippen LogP contribution in [0.3, 0.4) is 0 Å². The van der Waals surface area contributed by atoms with Crippen molar-refractivity contribution in [3.8, 4) is 0 Å². The van der Waals surface area contributed by atoms with Crippen molar-refractivity contribution >= 4 is 37.0 Å². The second-order valence-electron chi connectivity index (χ2n) is 10.6. The van der Waals surface area contributed by atoms with Gasteiger partial charge in [0.05, 0.1) is 0 Å². The molecule has 230 valence electrons. The predicted molar refractivity (Wildman–Crippen MR) is 166 cm³/mol. The Labute approximate surface area is 245 Å². The molecule has 3 aromatic rings. The summed E-state index contributed by atoms with van der Waals surface area (Å²) in [5.74, 6) is 0.776. The van der Waals surface area contributed by atoms with Crippen molar-refractivity contribution in [2.24, 2.45) is 0 Å². The number of rotatable bonds is 16. The van der Waals surface area contributed by atoms with Gasteiger partial charge in [0, 0.05) is 11.5 Å². The minimum atomic E-state index is -10.7. The van der Waals surface area contributed by atoms with Crippen LogP contribution >= 0.6 is 7.81 Å². The zero-order chi connectivity index (χ0) is 30.4. The van der Waals surface area contributed by atoms with Gasteiger partial charge in [0.2, 0.25) is 5.78 Å². The van der Waals surface area contributed by atoms with E-state index in [1.165, 1.54) is 92.5 Å². The van der Waals surface area contributed by atoms with Crippen LogP contribution < -0.4 is 0 Å². The van der Waals surface area contributed by atoms with Gasteiger partial charge in [-0.25, -0.2) is 0 Å². The first-order chi connectivity index (χ1) is 19.2. The first-order valence-electron chi connectivity index (χ1n) is 14.5. The number of unbranched alkanes of at least 4 members (excludes halogenated alkanes) is 10. The monoisotopic (exact) mass is 620 g/mol. The van der Waals surface area contributed by atoms with E-state index in [4.69, 9.17) is 0 Å². The maximum absolute atomic E-state index is 12.7. The Morgan fingerprint density at radius 3 is 1.73 bits per heavy atom. The van der Waals surface area contributed by atoms with E-state index in [9.17, 15) is 30.0 Å². The molecule has 0 aliphatic rings. The number of fused-ring (bicyclic) bond motifs is 1. The van der Waals surface area contributed by atoms with Crippen LogP contribution in [0, 0.1) is 0 Å². The normalized spacial score (nSPS) is 14.0. The Hall–Kier alpha value is -2.05. The van der Waals surface area contributed by atoms with Crippen LogP contribution in [-0.2, 0) is 12.6 Å². The van der Waals surface area contributed by atoms with Crippen LogP contribution in [0.4, 0.5) is 25.2 Å². The fourth-order valence-corrected chi connectivity index (χ4v) is 5.28. The summed E-state index contributed by atoms with van der Waals surface area (Å²) in [6.07, 6.45) is 15.9. The van der Waals surface area contributed by atoms with Crippen LogP contribution in [-0.4, -0.2) is 11.5 Å². The van der Waals surface area contributed by atoms with E-state index in [1.807, 2.05) is 12.1 Å². The topological polar surface area (TPSA) is 17.1 Å². The quantitative estimate of drug-likeness (QED) is 0.0512. The molecule has 9 heteroatoms. The molecule has 0 aliphatic heterocycles. The summed E-state index contributed by atoms with van der Waals surface area (Å²) >= 11 is 3.44. The Bertz CT molecular complexity index is 1220. The number of hydrogen-bond acceptors (Lipinski definition) is 1. The summed E-state index contributed by atoms with van der Waals surface area (Å²) in [5, 5.41) is 2.54. The van der Waals surface area contributed by atoms with Gasteiger partial charge in [0.25, 0.3) is 0 Å². The molecule has 1 atom stereocenters. The van der Waals surface area contributed by atoms with Crippen molar-refractivity contribution in [3.05, 3.63) is 83.4 Å². The first kappa shape index (κ1) is 35.1. The first-order valence-corrected chi connectivity index (χ1v) is 17.2. The van der Waals surface area contributed by atoms with Crippen molar-refractivity contribution < 1.29 is 30.0 Å². The molecular formula is C32H43F6OPS. The van der Waals surface area contributed by atoms with Gasteiger partial charge in [-0.2, -0.15) is 0 Å². The summed E-state index contributed by atoms with van der Waals surface area (Å²) in [7, 11) is -10.7. The van der Waals surface area contributed by atoms with E-state index >= 15 is 0 Å². The van der Waals surface area contributed by atoms with E-state index in [2.05, 4.69) is 74.1 Å². The van der Waals surface area contributed by atoms with Gasteiger partial charge < -0.3 is 0 Å². The molecule has 41 heavy (non-hydrogen) atoms. The Kier molecular flexibility index (Phi) is 13.2. The zero-order valence-electron chi connectivity index (χ0n) is 23.7. The number of benzene rings is 3. The van der Waals surface area contributed by atoms with Crippen LogP contribution in [0.2, 0.25) is 0 Å². The van der Waals surface area contributed by atoms with Crippen molar-refractivity contribution in [3.63, 3.8) is 0 Å². The fourth-order valence-electron chi connectivity index (χ4n) is 5.09. The average Bonchev–Trinajstić information content (AvgIpc) is 2.91. The molecule has 0 aliphatic carbocycles. The third-order valence-electron chi connectivity index (χ3n) is 7.07. The number of carbonyl (C=O) groups is 1. The number of halogens is 6. The molecule has 0 heterocycles. The average molecular weight is 621 g/mol. The van der Waals surface area contributed by atoms with Gasteiger partial charge in [-0.15, -0.1) is 0 Å². The standard InChI is InChI=1S/C32H42OS.F6P/c1-2-3-4-5-6-7-8-9-10-11-12-19-29(30-20-15-16-21-31(30)32(33)25-34)28-23-22-26-17-13-14-18-27(26)24-28;1-7(2,3,4,5)6/h13-18,20-24,29,34H,2-12,19,25H2,1H3;/q;-1/p+1. The van der Waals surface area contributed by atoms with Crippen LogP contribution in [0.15, 0.2) is 66.7 Å². The molecule has 0 aromatic heterocycles. The fraction of sp³-hybridized carbons (Fsp3) is 0.469.